The number of nitrogens with zero attached hydrogens (tertiary/aromatic N) is 1. The van der Waals surface area contributed by atoms with E-state index in [0.717, 1.165) is 32.5 Å². The molecule has 0 aromatic rings. The van der Waals surface area contributed by atoms with E-state index in [1.54, 1.807) is 5.57 Å². The van der Waals surface area contributed by atoms with Gasteiger partial charge in [-0.15, -0.1) is 0 Å². The summed E-state index contributed by atoms with van der Waals surface area (Å²) in [6, 6.07) is 0.279. The summed E-state index contributed by atoms with van der Waals surface area (Å²) in [5.41, 5.74) is 3.87. The number of allylic oxidation sites excluding steroid dienone is 2. The molecule has 0 spiro atoms. The van der Waals surface area contributed by atoms with Crippen LogP contribution in [0.5, 0.6) is 0 Å². The SMILES string of the molecule is CC(C)C1=C2[C@H]3CC[C@@H]4[C@@]5(C)CCC(NC(=O)CCN6CCCC6)C(C)(C)[C@@H]5CC[C@@]4(C)[C@]3(C)CC[C@@]2(C)CC1=O. The Kier molecular flexibility index (Phi) is 7.24. The van der Waals surface area contributed by atoms with E-state index in [-0.39, 0.29) is 28.2 Å². The second kappa shape index (κ2) is 9.93. The normalized spacial score (nSPS) is 45.7. The molecule has 0 aromatic carbocycles. The number of nitrogens with one attached hydrogen (secondary N) is 1. The molecule has 0 bridgehead atoms. The number of hydrogen-bond acceptors (Lipinski definition) is 3. The first-order chi connectivity index (χ1) is 19.2. The van der Waals surface area contributed by atoms with Crippen molar-refractivity contribution in [3.63, 3.8) is 0 Å². The minimum Gasteiger partial charge on any atom is -0.353 e. The molecule has 1 heterocycles. The van der Waals surface area contributed by atoms with Gasteiger partial charge in [-0.25, -0.2) is 0 Å². The van der Waals surface area contributed by atoms with Gasteiger partial charge in [-0.3, -0.25) is 9.59 Å². The van der Waals surface area contributed by atoms with Crippen LogP contribution in [0.15, 0.2) is 11.1 Å². The summed E-state index contributed by atoms with van der Waals surface area (Å²) in [7, 11) is 0. The fourth-order valence-corrected chi connectivity index (χ4v) is 12.7. The number of amides is 1. The summed E-state index contributed by atoms with van der Waals surface area (Å²) in [4.78, 5) is 28.9. The van der Waals surface area contributed by atoms with Crippen molar-refractivity contribution in [2.75, 3.05) is 19.6 Å². The largest absolute Gasteiger partial charge is 0.353 e. The predicted octanol–water partition coefficient (Wildman–Crippen LogP) is 7.96. The molecule has 1 amide bonds. The Balaban J connectivity index is 1.24. The molecule has 230 valence electrons. The minimum absolute atomic E-state index is 0.0954. The lowest BCUT2D eigenvalue weighted by atomic mass is 9.33. The molecule has 6 rings (SSSR count). The Morgan fingerprint density at radius 3 is 2.27 bits per heavy atom. The lowest BCUT2D eigenvalue weighted by Crippen LogP contribution is -2.66. The molecule has 5 aliphatic carbocycles. The van der Waals surface area contributed by atoms with Gasteiger partial charge < -0.3 is 10.2 Å². The smallest absolute Gasteiger partial charge is 0.221 e. The molecule has 0 aromatic heterocycles. The highest BCUT2D eigenvalue weighted by Crippen LogP contribution is 2.76. The molecule has 4 saturated carbocycles. The molecule has 41 heavy (non-hydrogen) atoms. The molecule has 1 saturated heterocycles. The van der Waals surface area contributed by atoms with Crippen LogP contribution in [0.1, 0.15) is 132 Å². The van der Waals surface area contributed by atoms with Gasteiger partial charge in [0.2, 0.25) is 5.91 Å². The molecule has 5 fully saturated rings. The minimum atomic E-state index is 0.0954. The zero-order valence-electron chi connectivity index (χ0n) is 27.8. The van der Waals surface area contributed by atoms with Gasteiger partial charge in [0.25, 0.3) is 0 Å². The summed E-state index contributed by atoms with van der Waals surface area (Å²) in [5, 5.41) is 3.56. The number of Topliss-reactive ketones (excluding diaryl/α,β-unsaturated/α-hetero) is 1. The number of likely N-dealkylation sites (tertiary alicyclic amines) is 1. The maximum atomic E-state index is 13.4. The Morgan fingerprint density at radius 1 is 0.878 bits per heavy atom. The molecule has 4 nitrogen and oxygen atoms in total. The highest BCUT2D eigenvalue weighted by Gasteiger charge is 2.69. The first-order valence-electron chi connectivity index (χ1n) is 17.5. The van der Waals surface area contributed by atoms with Crippen LogP contribution in [0.3, 0.4) is 0 Å². The van der Waals surface area contributed by atoms with Gasteiger partial charge in [0.15, 0.2) is 5.78 Å². The van der Waals surface area contributed by atoms with Crippen LogP contribution >= 0.6 is 0 Å². The first-order valence-corrected chi connectivity index (χ1v) is 17.5. The molecule has 0 radical (unpaired) electrons. The number of hydrogen-bond donors (Lipinski definition) is 1. The van der Waals surface area contributed by atoms with E-state index in [0.29, 0.717) is 46.7 Å². The van der Waals surface area contributed by atoms with Crippen LogP contribution < -0.4 is 5.32 Å². The van der Waals surface area contributed by atoms with E-state index in [1.165, 1.54) is 63.4 Å². The zero-order valence-corrected chi connectivity index (χ0v) is 27.8. The van der Waals surface area contributed by atoms with Crippen LogP contribution in [0.4, 0.5) is 0 Å². The predicted molar refractivity (Wildman–Crippen MR) is 167 cm³/mol. The number of rotatable bonds is 5. The van der Waals surface area contributed by atoms with Crippen molar-refractivity contribution >= 4 is 11.7 Å². The highest BCUT2D eigenvalue weighted by atomic mass is 16.1. The van der Waals surface area contributed by atoms with E-state index in [4.69, 9.17) is 0 Å². The van der Waals surface area contributed by atoms with Gasteiger partial charge in [0.1, 0.15) is 0 Å². The molecule has 8 atom stereocenters. The van der Waals surface area contributed by atoms with Crippen LogP contribution in [0.25, 0.3) is 0 Å². The number of carbonyl (C=O) groups excluding carboxylic acids is 2. The number of ketones is 1. The van der Waals surface area contributed by atoms with Crippen molar-refractivity contribution < 1.29 is 9.59 Å². The van der Waals surface area contributed by atoms with Crippen LogP contribution in [-0.2, 0) is 9.59 Å². The van der Waals surface area contributed by atoms with E-state index in [9.17, 15) is 9.59 Å². The van der Waals surface area contributed by atoms with Gasteiger partial charge in [-0.2, -0.15) is 0 Å². The third-order valence-electron chi connectivity index (χ3n) is 15.0. The maximum Gasteiger partial charge on any atom is 0.221 e. The zero-order chi connectivity index (χ0) is 29.6. The van der Waals surface area contributed by atoms with Crippen LogP contribution in [0.2, 0.25) is 0 Å². The summed E-state index contributed by atoms with van der Waals surface area (Å²) in [5.74, 6) is 2.96. The average molecular weight is 565 g/mol. The fourth-order valence-electron chi connectivity index (χ4n) is 12.7. The third kappa shape index (κ3) is 4.29. The fraction of sp³-hybridized carbons (Fsp3) is 0.892. The van der Waals surface area contributed by atoms with Crippen molar-refractivity contribution in [1.82, 2.24) is 10.2 Å². The highest BCUT2D eigenvalue weighted by molar-refractivity contribution is 6.00. The number of carbonyl (C=O) groups is 2. The Hall–Kier alpha value is -1.16. The molecule has 6 aliphatic rings. The second-order valence-corrected chi connectivity index (χ2v) is 17.5. The maximum absolute atomic E-state index is 13.4. The quantitative estimate of drug-likeness (QED) is 0.369. The van der Waals surface area contributed by atoms with Gasteiger partial charge in [-0.1, -0.05) is 61.0 Å². The van der Waals surface area contributed by atoms with Crippen molar-refractivity contribution in [1.29, 1.82) is 0 Å². The van der Waals surface area contributed by atoms with E-state index in [2.05, 4.69) is 65.6 Å². The van der Waals surface area contributed by atoms with Crippen molar-refractivity contribution in [2.24, 2.45) is 50.7 Å². The lowest BCUT2D eigenvalue weighted by molar-refractivity contribution is -0.216. The average Bonchev–Trinajstić information content (AvgIpc) is 3.50. The Bertz CT molecular complexity index is 1120. The van der Waals surface area contributed by atoms with Crippen molar-refractivity contribution in [2.45, 2.75) is 138 Å². The van der Waals surface area contributed by atoms with E-state index in [1.807, 2.05) is 0 Å². The molecular weight excluding hydrogens is 504 g/mol. The standard InChI is InChI=1S/C37H60N2O2/c1-24(2)31-26(40)23-34(5)18-19-36(7)25(32(31)34)11-12-28-35(6)16-14-29(33(3,4)27(35)13-17-37(28,36)8)38-30(41)15-22-39-20-9-10-21-39/h24-25,27-29H,9-23H2,1-8H3,(H,38,41)/t25-,27+,28-,29?,34+,35+,36-,37-/m1/s1. The molecule has 4 heteroatoms. The van der Waals surface area contributed by atoms with Gasteiger partial charge >= 0.3 is 0 Å². The molecule has 1 N–H and O–H groups in total. The number of fused-ring (bicyclic) bond motifs is 7. The Labute approximate surface area is 251 Å². The topological polar surface area (TPSA) is 49.4 Å². The summed E-state index contributed by atoms with van der Waals surface area (Å²) in [6.07, 6.45) is 13.9. The first kappa shape index (κ1) is 29.9. The monoisotopic (exact) mass is 564 g/mol. The van der Waals surface area contributed by atoms with Gasteiger partial charge in [0, 0.05) is 25.4 Å². The van der Waals surface area contributed by atoms with Crippen molar-refractivity contribution in [3.05, 3.63) is 11.1 Å². The lowest BCUT2D eigenvalue weighted by Gasteiger charge is -2.72. The van der Waals surface area contributed by atoms with Gasteiger partial charge in [-0.05, 0) is 134 Å². The van der Waals surface area contributed by atoms with Crippen LogP contribution in [0, 0.1) is 50.7 Å². The summed E-state index contributed by atoms with van der Waals surface area (Å²) >= 11 is 0. The second-order valence-electron chi connectivity index (χ2n) is 17.5. The van der Waals surface area contributed by atoms with Crippen LogP contribution in [-0.4, -0.2) is 42.3 Å². The molecule has 1 unspecified atom stereocenters. The third-order valence-corrected chi connectivity index (χ3v) is 15.0. The van der Waals surface area contributed by atoms with E-state index >= 15 is 0 Å². The van der Waals surface area contributed by atoms with E-state index < -0.39 is 0 Å². The van der Waals surface area contributed by atoms with Crippen molar-refractivity contribution in [3.8, 4) is 0 Å². The summed E-state index contributed by atoms with van der Waals surface area (Å²) in [6.45, 7) is 23.1. The molecule has 1 aliphatic heterocycles. The molecular formula is C37H60N2O2. The Morgan fingerprint density at radius 2 is 1.59 bits per heavy atom. The summed E-state index contributed by atoms with van der Waals surface area (Å²) < 4.78 is 0. The van der Waals surface area contributed by atoms with Gasteiger partial charge in [0.05, 0.1) is 0 Å².